The number of aryl methyl sites for hydroxylation is 1. The molecule has 0 saturated heterocycles. The van der Waals surface area contributed by atoms with Gasteiger partial charge < -0.3 is 9.88 Å². The van der Waals surface area contributed by atoms with Crippen molar-refractivity contribution >= 4 is 50.0 Å². The van der Waals surface area contributed by atoms with Crippen molar-refractivity contribution in [2.24, 2.45) is 0 Å². The van der Waals surface area contributed by atoms with Crippen LogP contribution in [0.2, 0.25) is 5.02 Å². The molecule has 0 aliphatic carbocycles. The van der Waals surface area contributed by atoms with E-state index >= 15 is 0 Å². The van der Waals surface area contributed by atoms with E-state index in [4.69, 9.17) is 11.6 Å². The summed E-state index contributed by atoms with van der Waals surface area (Å²) in [5.41, 5.74) is 2.72. The molecule has 1 amide bonds. The van der Waals surface area contributed by atoms with E-state index in [0.717, 1.165) is 20.9 Å². The fraction of sp³-hybridized carbons (Fsp3) is 0.167. The summed E-state index contributed by atoms with van der Waals surface area (Å²) in [5, 5.41) is 4.66. The van der Waals surface area contributed by atoms with E-state index in [1.54, 1.807) is 6.07 Å². The van der Waals surface area contributed by atoms with Crippen LogP contribution in [0.4, 0.5) is 5.69 Å². The summed E-state index contributed by atoms with van der Waals surface area (Å²) in [6.45, 7) is 3.81. The maximum atomic E-state index is 12.5. The molecule has 0 spiro atoms. The van der Waals surface area contributed by atoms with Gasteiger partial charge in [0.05, 0.1) is 0 Å². The van der Waals surface area contributed by atoms with Gasteiger partial charge in [-0.05, 0) is 55.8 Å². The Bertz CT molecular complexity index is 888. The third-order valence-corrected chi connectivity index (χ3v) is 4.82. The van der Waals surface area contributed by atoms with Crippen LogP contribution < -0.4 is 5.32 Å². The molecule has 5 heteroatoms. The van der Waals surface area contributed by atoms with E-state index in [0.29, 0.717) is 10.7 Å². The molecule has 3 aromatic rings. The first kappa shape index (κ1) is 16.1. The molecule has 3 rings (SSSR count). The predicted octanol–water partition coefficient (Wildman–Crippen LogP) is 5.57. The smallest absolute Gasteiger partial charge is 0.247 e. The quantitative estimate of drug-likeness (QED) is 0.622. The van der Waals surface area contributed by atoms with Crippen molar-refractivity contribution in [2.75, 3.05) is 5.32 Å². The predicted molar refractivity (Wildman–Crippen MR) is 99.2 cm³/mol. The molecule has 1 heterocycles. The number of halogens is 2. The van der Waals surface area contributed by atoms with Crippen LogP contribution in [0.1, 0.15) is 18.5 Å². The Balaban J connectivity index is 1.84. The van der Waals surface area contributed by atoms with Gasteiger partial charge in [-0.25, -0.2) is 0 Å². The van der Waals surface area contributed by atoms with Gasteiger partial charge in [0.2, 0.25) is 5.91 Å². The first-order chi connectivity index (χ1) is 11.0. The maximum Gasteiger partial charge on any atom is 0.247 e. The van der Waals surface area contributed by atoms with Gasteiger partial charge in [0.15, 0.2) is 0 Å². The normalized spacial score (nSPS) is 12.3. The Morgan fingerprint density at radius 1 is 1.22 bits per heavy atom. The van der Waals surface area contributed by atoms with Crippen molar-refractivity contribution in [3.05, 3.63) is 63.7 Å². The SMILES string of the molecule is Cc1ccc(NC(=O)C(C)n2ccc3cc(Br)ccc32)cc1Cl. The lowest BCUT2D eigenvalue weighted by atomic mass is 10.2. The van der Waals surface area contributed by atoms with Crippen LogP contribution in [0.3, 0.4) is 0 Å². The van der Waals surface area contributed by atoms with Gasteiger partial charge in [-0.2, -0.15) is 0 Å². The molecular formula is C18H16BrClN2O. The van der Waals surface area contributed by atoms with Crippen LogP contribution in [-0.4, -0.2) is 10.5 Å². The van der Waals surface area contributed by atoms with E-state index in [-0.39, 0.29) is 11.9 Å². The van der Waals surface area contributed by atoms with Crippen LogP contribution in [0, 0.1) is 6.92 Å². The van der Waals surface area contributed by atoms with Gasteiger partial charge in [0, 0.05) is 32.3 Å². The molecular weight excluding hydrogens is 376 g/mol. The van der Waals surface area contributed by atoms with Gasteiger partial charge in [-0.1, -0.05) is 33.6 Å². The first-order valence-electron chi connectivity index (χ1n) is 7.29. The van der Waals surface area contributed by atoms with Crippen LogP contribution in [0.15, 0.2) is 53.1 Å². The maximum absolute atomic E-state index is 12.5. The number of nitrogens with one attached hydrogen (secondary N) is 1. The van der Waals surface area contributed by atoms with Crippen molar-refractivity contribution in [1.29, 1.82) is 0 Å². The van der Waals surface area contributed by atoms with E-state index in [1.807, 2.05) is 61.0 Å². The van der Waals surface area contributed by atoms with Gasteiger partial charge in [0.25, 0.3) is 0 Å². The monoisotopic (exact) mass is 390 g/mol. The molecule has 3 nitrogen and oxygen atoms in total. The number of fused-ring (bicyclic) bond motifs is 1. The Hall–Kier alpha value is -1.78. The van der Waals surface area contributed by atoms with Crippen molar-refractivity contribution in [1.82, 2.24) is 4.57 Å². The van der Waals surface area contributed by atoms with Crippen molar-refractivity contribution in [3.8, 4) is 0 Å². The number of hydrogen-bond acceptors (Lipinski definition) is 1. The van der Waals surface area contributed by atoms with Gasteiger partial charge >= 0.3 is 0 Å². The topological polar surface area (TPSA) is 34.0 Å². The number of rotatable bonds is 3. The number of hydrogen-bond donors (Lipinski definition) is 1. The minimum absolute atomic E-state index is 0.0784. The highest BCUT2D eigenvalue weighted by molar-refractivity contribution is 9.10. The Morgan fingerprint density at radius 2 is 2.00 bits per heavy atom. The fourth-order valence-corrected chi connectivity index (χ4v) is 3.08. The lowest BCUT2D eigenvalue weighted by Crippen LogP contribution is -2.23. The zero-order valence-corrected chi connectivity index (χ0v) is 15.1. The fourth-order valence-electron chi connectivity index (χ4n) is 2.52. The number of carbonyl (C=O) groups excluding carboxylic acids is 1. The molecule has 1 N–H and O–H groups in total. The summed E-state index contributed by atoms with van der Waals surface area (Å²) in [4.78, 5) is 12.5. The zero-order chi connectivity index (χ0) is 16.6. The molecule has 118 valence electrons. The van der Waals surface area contributed by atoms with E-state index in [1.165, 1.54) is 0 Å². The lowest BCUT2D eigenvalue weighted by Gasteiger charge is -2.16. The van der Waals surface area contributed by atoms with Gasteiger partial charge in [-0.3, -0.25) is 4.79 Å². The van der Waals surface area contributed by atoms with Gasteiger partial charge in [-0.15, -0.1) is 0 Å². The Kier molecular flexibility index (Phi) is 4.46. The minimum atomic E-state index is -0.325. The van der Waals surface area contributed by atoms with E-state index in [2.05, 4.69) is 21.2 Å². The van der Waals surface area contributed by atoms with Gasteiger partial charge in [0.1, 0.15) is 6.04 Å². The summed E-state index contributed by atoms with van der Waals surface area (Å²) in [6, 6.07) is 13.2. The number of amides is 1. The van der Waals surface area contributed by atoms with Crippen LogP contribution in [0.25, 0.3) is 10.9 Å². The number of aromatic nitrogens is 1. The molecule has 0 saturated carbocycles. The van der Waals surface area contributed by atoms with Crippen LogP contribution in [0.5, 0.6) is 0 Å². The zero-order valence-electron chi connectivity index (χ0n) is 12.8. The summed E-state index contributed by atoms with van der Waals surface area (Å²) in [6.07, 6.45) is 1.93. The highest BCUT2D eigenvalue weighted by atomic mass is 79.9. The highest BCUT2D eigenvalue weighted by Crippen LogP contribution is 2.25. The average Bonchev–Trinajstić information content (AvgIpc) is 2.93. The van der Waals surface area contributed by atoms with Crippen molar-refractivity contribution < 1.29 is 4.79 Å². The number of anilines is 1. The summed E-state index contributed by atoms with van der Waals surface area (Å²) in [5.74, 6) is -0.0784. The third-order valence-electron chi connectivity index (χ3n) is 3.92. The molecule has 2 aromatic carbocycles. The summed E-state index contributed by atoms with van der Waals surface area (Å²) >= 11 is 9.57. The third kappa shape index (κ3) is 3.28. The molecule has 0 fully saturated rings. The van der Waals surface area contributed by atoms with Crippen LogP contribution >= 0.6 is 27.5 Å². The first-order valence-corrected chi connectivity index (χ1v) is 8.46. The number of benzene rings is 2. The van der Waals surface area contributed by atoms with Crippen molar-refractivity contribution in [2.45, 2.75) is 19.9 Å². The Labute approximate surface area is 148 Å². The number of nitrogens with zero attached hydrogens (tertiary/aromatic N) is 1. The molecule has 23 heavy (non-hydrogen) atoms. The van der Waals surface area contributed by atoms with E-state index < -0.39 is 0 Å². The summed E-state index contributed by atoms with van der Waals surface area (Å²) in [7, 11) is 0. The highest BCUT2D eigenvalue weighted by Gasteiger charge is 2.17. The molecule has 1 atom stereocenters. The molecule has 0 aliphatic rings. The number of carbonyl (C=O) groups is 1. The average molecular weight is 392 g/mol. The second-order valence-corrected chi connectivity index (χ2v) is 6.88. The standard InChI is InChI=1S/C18H16BrClN2O/c1-11-3-5-15(10-16(11)20)21-18(23)12(2)22-8-7-13-9-14(19)4-6-17(13)22/h3-10,12H,1-2H3,(H,21,23). The van der Waals surface area contributed by atoms with Crippen molar-refractivity contribution in [3.63, 3.8) is 0 Å². The van der Waals surface area contributed by atoms with Crippen LogP contribution in [-0.2, 0) is 4.79 Å². The second kappa shape index (κ2) is 6.38. The molecule has 0 bridgehead atoms. The largest absolute Gasteiger partial charge is 0.335 e. The summed E-state index contributed by atoms with van der Waals surface area (Å²) < 4.78 is 2.99. The Morgan fingerprint density at radius 3 is 2.74 bits per heavy atom. The second-order valence-electron chi connectivity index (χ2n) is 5.56. The minimum Gasteiger partial charge on any atom is -0.335 e. The lowest BCUT2D eigenvalue weighted by molar-refractivity contribution is -0.118. The molecule has 1 unspecified atom stereocenters. The molecule has 0 aliphatic heterocycles. The molecule has 0 radical (unpaired) electrons. The molecule has 1 aromatic heterocycles. The van der Waals surface area contributed by atoms with E-state index in [9.17, 15) is 4.79 Å².